The zero-order chi connectivity index (χ0) is 23.2. The number of morpholine rings is 1. The van der Waals surface area contributed by atoms with Gasteiger partial charge in [-0.15, -0.1) is 11.3 Å². The molecule has 7 nitrogen and oxygen atoms in total. The minimum absolute atomic E-state index is 0.0643. The summed E-state index contributed by atoms with van der Waals surface area (Å²) >= 11 is 7.10. The van der Waals surface area contributed by atoms with E-state index in [1.807, 2.05) is 30.3 Å². The van der Waals surface area contributed by atoms with E-state index >= 15 is 0 Å². The van der Waals surface area contributed by atoms with Gasteiger partial charge in [0.15, 0.2) is 0 Å². The third-order valence-electron chi connectivity index (χ3n) is 5.13. The average Bonchev–Trinajstić information content (AvgIpc) is 3.27. The maximum Gasteiger partial charge on any atom is 0.262 e. The van der Waals surface area contributed by atoms with Crippen LogP contribution >= 0.6 is 22.9 Å². The number of thiophene rings is 1. The number of carbonyl (C=O) groups is 3. The minimum Gasteiger partial charge on any atom is -0.370 e. The van der Waals surface area contributed by atoms with Crippen LogP contribution in [0.1, 0.15) is 15.2 Å². The molecular formula is C24H22ClN3O4S. The van der Waals surface area contributed by atoms with Gasteiger partial charge in [-0.3, -0.25) is 14.4 Å². The average molecular weight is 484 g/mol. The van der Waals surface area contributed by atoms with Crippen molar-refractivity contribution in [3.8, 4) is 0 Å². The molecule has 33 heavy (non-hydrogen) atoms. The maximum atomic E-state index is 13.1. The van der Waals surface area contributed by atoms with Crippen molar-refractivity contribution in [3.05, 3.63) is 81.5 Å². The quantitative estimate of drug-likeness (QED) is 0.536. The normalized spacial score (nSPS) is 14.6. The molecule has 1 aliphatic heterocycles. The molecule has 170 valence electrons. The molecule has 1 saturated heterocycles. The molecule has 2 N–H and O–H groups in total. The predicted molar refractivity (Wildman–Crippen MR) is 129 cm³/mol. The topological polar surface area (TPSA) is 87.7 Å². The summed E-state index contributed by atoms with van der Waals surface area (Å²) in [5.41, 5.74) is 2.23. The summed E-state index contributed by atoms with van der Waals surface area (Å²) in [5, 5.41) is 5.68. The first-order valence-corrected chi connectivity index (χ1v) is 11.6. The van der Waals surface area contributed by atoms with Crippen LogP contribution in [-0.4, -0.2) is 43.5 Å². The Morgan fingerprint density at radius 2 is 1.82 bits per heavy atom. The van der Waals surface area contributed by atoms with Gasteiger partial charge in [0, 0.05) is 24.3 Å². The maximum absolute atomic E-state index is 13.1. The first-order valence-electron chi connectivity index (χ1n) is 10.4. The lowest BCUT2D eigenvalue weighted by molar-refractivity contribution is -0.125. The van der Waals surface area contributed by atoms with Gasteiger partial charge < -0.3 is 20.3 Å². The fourth-order valence-corrected chi connectivity index (χ4v) is 4.42. The van der Waals surface area contributed by atoms with Crippen LogP contribution in [0.25, 0.3) is 0 Å². The zero-order valence-electron chi connectivity index (χ0n) is 17.6. The summed E-state index contributed by atoms with van der Waals surface area (Å²) in [7, 11) is 0. The summed E-state index contributed by atoms with van der Waals surface area (Å²) in [6.45, 7) is 1.04. The third kappa shape index (κ3) is 5.98. The van der Waals surface area contributed by atoms with Gasteiger partial charge in [-0.1, -0.05) is 41.9 Å². The number of anilines is 2. The molecule has 2 aromatic carbocycles. The molecule has 1 fully saturated rings. The number of amides is 3. The third-order valence-corrected chi connectivity index (χ3v) is 6.36. The molecule has 3 aromatic rings. The fourth-order valence-electron chi connectivity index (χ4n) is 3.47. The van der Waals surface area contributed by atoms with Crippen LogP contribution in [0, 0.1) is 0 Å². The van der Waals surface area contributed by atoms with E-state index < -0.39 is 6.04 Å². The van der Waals surface area contributed by atoms with Crippen LogP contribution in [0.5, 0.6) is 0 Å². The number of ether oxygens (including phenoxy) is 1. The first kappa shape index (κ1) is 23.0. The number of benzene rings is 2. The van der Waals surface area contributed by atoms with Gasteiger partial charge in [-0.05, 0) is 42.0 Å². The highest BCUT2D eigenvalue weighted by atomic mass is 35.5. The van der Waals surface area contributed by atoms with Crippen molar-refractivity contribution < 1.29 is 19.1 Å². The van der Waals surface area contributed by atoms with E-state index in [0.29, 0.717) is 34.5 Å². The Bertz CT molecular complexity index is 1130. The van der Waals surface area contributed by atoms with Gasteiger partial charge in [-0.2, -0.15) is 0 Å². The lowest BCUT2D eigenvalue weighted by Crippen LogP contribution is -2.45. The summed E-state index contributed by atoms with van der Waals surface area (Å²) < 4.78 is 5.66. The van der Waals surface area contributed by atoms with E-state index in [-0.39, 0.29) is 24.3 Å². The highest BCUT2D eigenvalue weighted by molar-refractivity contribution is 7.18. The number of carbonyl (C=O) groups excluding carboxylic acids is 3. The standard InChI is InChI=1S/C24H22ClN3O4S/c25-21-11-10-20(33-21)24(31)27-19(14-16-4-2-1-3-5-16)23(30)26-17-6-8-18(9-7-17)28-12-13-32-15-22(28)29/h1-11,19H,12-15H2,(H,26,30)(H,27,31)/t19-/m1/s1. The number of nitrogens with zero attached hydrogens (tertiary/aromatic N) is 1. The lowest BCUT2D eigenvalue weighted by Gasteiger charge is -2.27. The van der Waals surface area contributed by atoms with Crippen LogP contribution in [0.3, 0.4) is 0 Å². The highest BCUT2D eigenvalue weighted by Gasteiger charge is 2.24. The van der Waals surface area contributed by atoms with Gasteiger partial charge in [0.1, 0.15) is 12.6 Å². The second-order valence-corrected chi connectivity index (χ2v) is 9.17. The van der Waals surface area contributed by atoms with Crippen molar-refractivity contribution in [1.82, 2.24) is 5.32 Å². The molecule has 0 aliphatic carbocycles. The number of nitrogens with one attached hydrogen (secondary N) is 2. The number of rotatable bonds is 7. The van der Waals surface area contributed by atoms with E-state index in [9.17, 15) is 14.4 Å². The molecule has 1 atom stereocenters. The van der Waals surface area contributed by atoms with Crippen molar-refractivity contribution in [3.63, 3.8) is 0 Å². The molecule has 1 aliphatic rings. The second-order valence-electron chi connectivity index (χ2n) is 7.45. The molecule has 0 saturated carbocycles. The van der Waals surface area contributed by atoms with Crippen LogP contribution in [0.15, 0.2) is 66.7 Å². The van der Waals surface area contributed by atoms with Gasteiger partial charge in [0.25, 0.3) is 11.8 Å². The van der Waals surface area contributed by atoms with E-state index in [1.54, 1.807) is 41.3 Å². The van der Waals surface area contributed by atoms with Crippen molar-refractivity contribution >= 4 is 52.0 Å². The Morgan fingerprint density at radius 1 is 1.06 bits per heavy atom. The number of hydrogen-bond acceptors (Lipinski definition) is 5. The van der Waals surface area contributed by atoms with Gasteiger partial charge in [-0.25, -0.2) is 0 Å². The minimum atomic E-state index is -0.790. The van der Waals surface area contributed by atoms with Crippen LogP contribution in [-0.2, 0) is 20.7 Å². The fraction of sp³-hybridized carbons (Fsp3) is 0.208. The zero-order valence-corrected chi connectivity index (χ0v) is 19.2. The molecule has 0 bridgehead atoms. The van der Waals surface area contributed by atoms with Gasteiger partial charge in [0.05, 0.1) is 15.8 Å². The molecule has 0 spiro atoms. The SMILES string of the molecule is O=C(N[C@H](Cc1ccccc1)C(=O)Nc1ccc(N2CCOCC2=O)cc1)c1ccc(Cl)s1. The monoisotopic (exact) mass is 483 g/mol. The summed E-state index contributed by atoms with van der Waals surface area (Å²) in [4.78, 5) is 39.9. The summed E-state index contributed by atoms with van der Waals surface area (Å²) in [6, 6.07) is 19.0. The Balaban J connectivity index is 1.47. The molecule has 9 heteroatoms. The highest BCUT2D eigenvalue weighted by Crippen LogP contribution is 2.22. The van der Waals surface area contributed by atoms with E-state index in [4.69, 9.17) is 16.3 Å². The summed E-state index contributed by atoms with van der Waals surface area (Å²) in [5.74, 6) is -0.799. The Hall–Kier alpha value is -3.20. The van der Waals surface area contributed by atoms with Crippen molar-refractivity contribution in [2.24, 2.45) is 0 Å². The van der Waals surface area contributed by atoms with Crippen LogP contribution in [0.4, 0.5) is 11.4 Å². The molecule has 4 rings (SSSR count). The van der Waals surface area contributed by atoms with E-state index in [2.05, 4.69) is 10.6 Å². The smallest absolute Gasteiger partial charge is 0.262 e. The lowest BCUT2D eigenvalue weighted by atomic mass is 10.0. The second kappa shape index (κ2) is 10.6. The molecule has 3 amide bonds. The molecular weight excluding hydrogens is 462 g/mol. The van der Waals surface area contributed by atoms with Crippen molar-refractivity contribution in [2.45, 2.75) is 12.5 Å². The predicted octanol–water partition coefficient (Wildman–Crippen LogP) is 3.74. The summed E-state index contributed by atoms with van der Waals surface area (Å²) in [6.07, 6.45) is 0.331. The molecule has 1 aromatic heterocycles. The van der Waals surface area contributed by atoms with E-state index in [0.717, 1.165) is 22.6 Å². The molecule has 2 heterocycles. The number of halogens is 1. The van der Waals surface area contributed by atoms with Crippen molar-refractivity contribution in [2.75, 3.05) is 30.0 Å². The Kier molecular flexibility index (Phi) is 7.39. The van der Waals surface area contributed by atoms with Crippen molar-refractivity contribution in [1.29, 1.82) is 0 Å². The van der Waals surface area contributed by atoms with Gasteiger partial charge >= 0.3 is 0 Å². The van der Waals surface area contributed by atoms with E-state index in [1.165, 1.54) is 0 Å². The first-order chi connectivity index (χ1) is 16.0. The molecule has 0 radical (unpaired) electrons. The van der Waals surface area contributed by atoms with Gasteiger partial charge in [0.2, 0.25) is 5.91 Å². The largest absolute Gasteiger partial charge is 0.370 e. The number of hydrogen-bond donors (Lipinski definition) is 2. The molecule has 0 unspecified atom stereocenters. The Labute approximate surface area is 200 Å². The van der Waals surface area contributed by atoms with Crippen LogP contribution < -0.4 is 15.5 Å². The Morgan fingerprint density at radius 3 is 2.48 bits per heavy atom. The van der Waals surface area contributed by atoms with Crippen LogP contribution in [0.2, 0.25) is 4.34 Å².